The molecule has 28 heavy (non-hydrogen) atoms. The number of anilines is 1. The van der Waals surface area contributed by atoms with E-state index in [0.29, 0.717) is 16.1 Å². The van der Waals surface area contributed by atoms with E-state index in [0.717, 1.165) is 22.0 Å². The molecule has 0 saturated heterocycles. The second-order valence-electron chi connectivity index (χ2n) is 6.16. The van der Waals surface area contributed by atoms with Crippen LogP contribution in [0.2, 0.25) is 5.02 Å². The number of nitrogens with one attached hydrogen (secondary N) is 1. The zero-order valence-corrected chi connectivity index (χ0v) is 16.5. The van der Waals surface area contributed by atoms with Crippen LogP contribution in [0.25, 0.3) is 22.2 Å². The molecule has 7 heteroatoms. The number of rotatable bonds is 5. The number of amides is 1. The molecule has 0 aliphatic carbocycles. The molecule has 3 aromatic carbocycles. The van der Waals surface area contributed by atoms with Gasteiger partial charge in [-0.25, -0.2) is 0 Å². The molecule has 0 aliphatic rings. The van der Waals surface area contributed by atoms with Crippen LogP contribution in [0.4, 0.5) is 5.69 Å². The lowest BCUT2D eigenvalue weighted by molar-refractivity contribution is -0.115. The van der Waals surface area contributed by atoms with Gasteiger partial charge in [-0.2, -0.15) is 0 Å². The quantitative estimate of drug-likeness (QED) is 0.430. The summed E-state index contributed by atoms with van der Waals surface area (Å²) < 4.78 is 5.67. The Morgan fingerprint density at radius 1 is 1.07 bits per heavy atom. The molecule has 0 fully saturated rings. The summed E-state index contributed by atoms with van der Waals surface area (Å²) in [5.41, 5.74) is 1.51. The van der Waals surface area contributed by atoms with Crippen molar-refractivity contribution < 1.29 is 9.21 Å². The number of carbonyl (C=O) groups excluding carboxylic acids is 1. The average molecular weight is 410 g/mol. The van der Waals surface area contributed by atoms with Gasteiger partial charge in [0, 0.05) is 21.7 Å². The van der Waals surface area contributed by atoms with Crippen molar-refractivity contribution in [1.82, 2.24) is 10.2 Å². The van der Waals surface area contributed by atoms with Crippen molar-refractivity contribution in [2.24, 2.45) is 0 Å². The Labute approximate surface area is 171 Å². The van der Waals surface area contributed by atoms with Gasteiger partial charge in [0.1, 0.15) is 0 Å². The number of nitrogens with zero attached hydrogens (tertiary/aromatic N) is 2. The van der Waals surface area contributed by atoms with Crippen molar-refractivity contribution in [3.8, 4) is 11.5 Å². The molecule has 1 heterocycles. The molecule has 1 atom stereocenters. The molecule has 1 unspecified atom stereocenters. The second-order valence-corrected chi connectivity index (χ2v) is 7.89. The second kappa shape index (κ2) is 8.04. The van der Waals surface area contributed by atoms with Gasteiger partial charge in [0.05, 0.1) is 5.25 Å². The zero-order valence-electron chi connectivity index (χ0n) is 14.9. The smallest absolute Gasteiger partial charge is 0.277 e. The predicted molar refractivity (Wildman–Crippen MR) is 113 cm³/mol. The Kier molecular flexibility index (Phi) is 5.32. The van der Waals surface area contributed by atoms with Crippen molar-refractivity contribution in [3.63, 3.8) is 0 Å². The van der Waals surface area contributed by atoms with E-state index in [1.165, 1.54) is 11.8 Å². The lowest BCUT2D eigenvalue weighted by Crippen LogP contribution is -2.22. The summed E-state index contributed by atoms with van der Waals surface area (Å²) >= 11 is 7.21. The Balaban J connectivity index is 1.46. The molecule has 0 bridgehead atoms. The van der Waals surface area contributed by atoms with Gasteiger partial charge in [0.25, 0.3) is 5.22 Å². The van der Waals surface area contributed by atoms with Gasteiger partial charge in [-0.05, 0) is 36.6 Å². The monoisotopic (exact) mass is 409 g/mol. The first-order valence-electron chi connectivity index (χ1n) is 8.65. The van der Waals surface area contributed by atoms with Crippen LogP contribution in [0.5, 0.6) is 0 Å². The summed E-state index contributed by atoms with van der Waals surface area (Å²) in [4.78, 5) is 12.6. The Morgan fingerprint density at radius 3 is 2.71 bits per heavy atom. The first-order chi connectivity index (χ1) is 13.6. The molecule has 1 N–H and O–H groups in total. The lowest BCUT2D eigenvalue weighted by Gasteiger charge is -2.12. The standard InChI is InChI=1S/C21H16ClN3O2S/c1-13(19(26)23-18-11-5-7-14-6-2-3-10-17(14)18)28-21-25-24-20(27-21)15-8-4-9-16(22)12-15/h2-13H,1H3,(H,23,26). The minimum atomic E-state index is -0.411. The van der Waals surface area contributed by atoms with E-state index in [4.69, 9.17) is 16.0 Å². The van der Waals surface area contributed by atoms with Crippen molar-refractivity contribution in [2.45, 2.75) is 17.4 Å². The number of benzene rings is 3. The van der Waals surface area contributed by atoms with Crippen LogP contribution in [0.3, 0.4) is 0 Å². The van der Waals surface area contributed by atoms with Crippen LogP contribution >= 0.6 is 23.4 Å². The largest absolute Gasteiger partial charge is 0.411 e. The Hall–Kier alpha value is -2.83. The highest BCUT2D eigenvalue weighted by atomic mass is 35.5. The highest BCUT2D eigenvalue weighted by molar-refractivity contribution is 8.00. The van der Waals surface area contributed by atoms with Crippen molar-refractivity contribution in [2.75, 3.05) is 5.32 Å². The third-order valence-corrected chi connectivity index (χ3v) is 5.34. The van der Waals surface area contributed by atoms with Crippen LogP contribution in [0, 0.1) is 0 Å². The fourth-order valence-electron chi connectivity index (χ4n) is 2.77. The number of halogens is 1. The lowest BCUT2D eigenvalue weighted by atomic mass is 10.1. The molecule has 1 amide bonds. The summed E-state index contributed by atoms with van der Waals surface area (Å²) in [6.07, 6.45) is 0. The first-order valence-corrected chi connectivity index (χ1v) is 9.90. The van der Waals surface area contributed by atoms with Crippen molar-refractivity contribution in [3.05, 3.63) is 71.8 Å². The van der Waals surface area contributed by atoms with E-state index < -0.39 is 5.25 Å². The third-order valence-electron chi connectivity index (χ3n) is 4.17. The molecule has 5 nitrogen and oxygen atoms in total. The molecule has 0 spiro atoms. The molecule has 140 valence electrons. The summed E-state index contributed by atoms with van der Waals surface area (Å²) in [6, 6.07) is 20.9. The summed E-state index contributed by atoms with van der Waals surface area (Å²) in [7, 11) is 0. The van der Waals surface area contributed by atoms with Crippen LogP contribution in [0.15, 0.2) is 76.4 Å². The van der Waals surface area contributed by atoms with Gasteiger partial charge in [0.15, 0.2) is 0 Å². The van der Waals surface area contributed by atoms with Gasteiger partial charge >= 0.3 is 0 Å². The van der Waals surface area contributed by atoms with Gasteiger partial charge in [-0.1, -0.05) is 65.8 Å². The average Bonchev–Trinajstić information content (AvgIpc) is 3.17. The van der Waals surface area contributed by atoms with Crippen molar-refractivity contribution in [1.29, 1.82) is 0 Å². The van der Waals surface area contributed by atoms with Gasteiger partial charge < -0.3 is 9.73 Å². The zero-order chi connectivity index (χ0) is 19.5. The number of hydrogen-bond acceptors (Lipinski definition) is 5. The molecule has 0 radical (unpaired) electrons. The van der Waals surface area contributed by atoms with Gasteiger partial charge in [-0.3, -0.25) is 4.79 Å². The number of thioether (sulfide) groups is 1. The predicted octanol–water partition coefficient (Wildman–Crippen LogP) is 5.66. The summed E-state index contributed by atoms with van der Waals surface area (Å²) in [5.74, 6) is 0.232. The highest BCUT2D eigenvalue weighted by Gasteiger charge is 2.19. The molecule has 1 aromatic heterocycles. The maximum absolute atomic E-state index is 12.6. The molecule has 4 aromatic rings. The normalized spacial score (nSPS) is 12.1. The van der Waals surface area contributed by atoms with E-state index in [2.05, 4.69) is 15.5 Å². The number of aromatic nitrogens is 2. The van der Waals surface area contributed by atoms with Crippen LogP contribution in [0.1, 0.15) is 6.92 Å². The first kappa shape index (κ1) is 18.5. The fourth-order valence-corrected chi connectivity index (χ4v) is 3.64. The summed E-state index contributed by atoms with van der Waals surface area (Å²) in [6.45, 7) is 1.80. The molecule has 4 rings (SSSR count). The SMILES string of the molecule is CC(Sc1nnc(-c2cccc(Cl)c2)o1)C(=O)Nc1cccc2ccccc12. The van der Waals surface area contributed by atoms with E-state index in [-0.39, 0.29) is 5.91 Å². The molecule has 0 saturated carbocycles. The fraction of sp³-hybridized carbons (Fsp3) is 0.0952. The van der Waals surface area contributed by atoms with E-state index >= 15 is 0 Å². The van der Waals surface area contributed by atoms with E-state index in [9.17, 15) is 4.79 Å². The third kappa shape index (κ3) is 4.03. The van der Waals surface area contributed by atoms with Crippen LogP contribution in [-0.2, 0) is 4.79 Å². The minimum absolute atomic E-state index is 0.135. The topological polar surface area (TPSA) is 68.0 Å². The minimum Gasteiger partial charge on any atom is -0.411 e. The highest BCUT2D eigenvalue weighted by Crippen LogP contribution is 2.29. The van der Waals surface area contributed by atoms with Gasteiger partial charge in [-0.15, -0.1) is 10.2 Å². The Bertz CT molecular complexity index is 1140. The maximum atomic E-state index is 12.6. The number of carbonyl (C=O) groups is 1. The van der Waals surface area contributed by atoms with E-state index in [1.807, 2.05) is 54.6 Å². The van der Waals surface area contributed by atoms with Crippen LogP contribution in [-0.4, -0.2) is 21.4 Å². The van der Waals surface area contributed by atoms with Crippen LogP contribution < -0.4 is 5.32 Å². The molecular formula is C21H16ClN3O2S. The number of fused-ring (bicyclic) bond motifs is 1. The number of hydrogen-bond donors (Lipinski definition) is 1. The van der Waals surface area contributed by atoms with Gasteiger partial charge in [0.2, 0.25) is 11.8 Å². The van der Waals surface area contributed by atoms with E-state index in [1.54, 1.807) is 19.1 Å². The maximum Gasteiger partial charge on any atom is 0.277 e. The molecule has 0 aliphatic heterocycles. The Morgan fingerprint density at radius 2 is 1.86 bits per heavy atom. The summed E-state index contributed by atoms with van der Waals surface area (Å²) in [5, 5.41) is 13.6. The molecular weight excluding hydrogens is 394 g/mol. The van der Waals surface area contributed by atoms with Crippen molar-refractivity contribution >= 4 is 45.7 Å².